The van der Waals surface area contributed by atoms with Crippen LogP contribution in [0.2, 0.25) is 0 Å². The molecule has 0 aliphatic carbocycles. The largest absolute Gasteiger partial charge is 0.465 e. The Balaban J connectivity index is 2.60. The third-order valence-electron chi connectivity index (χ3n) is 1.44. The summed E-state index contributed by atoms with van der Waals surface area (Å²) < 4.78 is 5.08. The van der Waals surface area contributed by atoms with Crippen molar-refractivity contribution in [3.05, 3.63) is 12.4 Å². The number of amides is 1. The van der Waals surface area contributed by atoms with E-state index < -0.39 is 12.2 Å². The summed E-state index contributed by atoms with van der Waals surface area (Å²) >= 11 is 0. The van der Waals surface area contributed by atoms with E-state index in [9.17, 15) is 4.79 Å². The van der Waals surface area contributed by atoms with Gasteiger partial charge in [0, 0.05) is 0 Å². The van der Waals surface area contributed by atoms with Gasteiger partial charge in [-0.25, -0.2) is 14.8 Å². The number of aliphatic hydroxyl groups excluding tert-OH is 1. The smallest absolute Gasteiger partial charge is 0.409 e. The fourth-order valence-corrected chi connectivity index (χ4v) is 0.782. The highest BCUT2D eigenvalue weighted by Gasteiger charge is 2.05. The van der Waals surface area contributed by atoms with Crippen molar-refractivity contribution in [2.45, 2.75) is 13.0 Å². The molecule has 0 aliphatic heterocycles. The monoisotopic (exact) mass is 213 g/mol. The van der Waals surface area contributed by atoms with Crippen LogP contribution in [0, 0.1) is 0 Å². The topological polar surface area (TPSA) is 105 Å². The molecule has 1 amide bonds. The predicted molar refractivity (Wildman–Crippen MR) is 50.9 cm³/mol. The Morgan fingerprint density at radius 2 is 2.20 bits per heavy atom. The molecule has 1 rings (SSSR count). The molecule has 0 saturated carbocycles. The Morgan fingerprint density at radius 3 is 2.67 bits per heavy atom. The molecule has 0 fully saturated rings. The number of carboxylic acid groups (broad SMARTS) is 1. The minimum atomic E-state index is -1.18. The van der Waals surface area contributed by atoms with E-state index in [-0.39, 0.29) is 18.3 Å². The van der Waals surface area contributed by atoms with Crippen LogP contribution in [-0.2, 0) is 0 Å². The van der Waals surface area contributed by atoms with Gasteiger partial charge < -0.3 is 14.9 Å². The lowest BCUT2D eigenvalue weighted by molar-refractivity contribution is 0.120. The standard InChI is InChI=1S/C8H11N3O4/c1-5(4-12)15-7-9-2-6(3-10-7)11-8(13)14/h2-3,5,11-12H,4H2,1H3,(H,13,14). The van der Waals surface area contributed by atoms with E-state index in [4.69, 9.17) is 14.9 Å². The minimum Gasteiger partial charge on any atom is -0.465 e. The van der Waals surface area contributed by atoms with Crippen LogP contribution in [0.3, 0.4) is 0 Å². The van der Waals surface area contributed by atoms with E-state index in [2.05, 4.69) is 15.3 Å². The zero-order valence-corrected chi connectivity index (χ0v) is 8.04. The molecule has 7 heteroatoms. The molecule has 0 saturated heterocycles. The van der Waals surface area contributed by atoms with Gasteiger partial charge in [-0.05, 0) is 6.92 Å². The van der Waals surface area contributed by atoms with Crippen LogP contribution in [0.1, 0.15) is 6.92 Å². The second-order valence-electron chi connectivity index (χ2n) is 2.80. The normalized spacial score (nSPS) is 11.9. The van der Waals surface area contributed by atoms with E-state index in [1.807, 2.05) is 0 Å². The second kappa shape index (κ2) is 5.11. The van der Waals surface area contributed by atoms with Crippen molar-refractivity contribution in [2.75, 3.05) is 11.9 Å². The first-order valence-corrected chi connectivity index (χ1v) is 4.21. The molecule has 7 nitrogen and oxygen atoms in total. The van der Waals surface area contributed by atoms with E-state index in [1.54, 1.807) is 6.92 Å². The maximum Gasteiger partial charge on any atom is 0.409 e. The second-order valence-corrected chi connectivity index (χ2v) is 2.80. The Kier molecular flexibility index (Phi) is 3.81. The molecule has 1 unspecified atom stereocenters. The number of aliphatic hydroxyl groups is 1. The van der Waals surface area contributed by atoms with Crippen molar-refractivity contribution in [3.8, 4) is 6.01 Å². The van der Waals surface area contributed by atoms with E-state index in [0.717, 1.165) is 0 Å². The zero-order chi connectivity index (χ0) is 11.3. The Morgan fingerprint density at radius 1 is 1.60 bits per heavy atom. The molecular formula is C8H11N3O4. The van der Waals surface area contributed by atoms with Crippen LogP contribution >= 0.6 is 0 Å². The fourth-order valence-electron chi connectivity index (χ4n) is 0.782. The van der Waals surface area contributed by atoms with Crippen molar-refractivity contribution in [1.29, 1.82) is 0 Å². The van der Waals surface area contributed by atoms with Gasteiger partial charge in [0.15, 0.2) is 0 Å². The third-order valence-corrected chi connectivity index (χ3v) is 1.44. The molecule has 82 valence electrons. The molecule has 15 heavy (non-hydrogen) atoms. The molecule has 1 aromatic heterocycles. The van der Waals surface area contributed by atoms with Gasteiger partial charge in [0.2, 0.25) is 0 Å². The molecule has 1 aromatic rings. The van der Waals surface area contributed by atoms with Crippen molar-refractivity contribution in [3.63, 3.8) is 0 Å². The van der Waals surface area contributed by atoms with Gasteiger partial charge in [-0.2, -0.15) is 0 Å². The average molecular weight is 213 g/mol. The number of ether oxygens (including phenoxy) is 1. The summed E-state index contributed by atoms with van der Waals surface area (Å²) in [6, 6.07) is 0.0903. The summed E-state index contributed by atoms with van der Waals surface area (Å²) in [4.78, 5) is 17.7. The quantitative estimate of drug-likeness (QED) is 0.665. The number of aromatic nitrogens is 2. The van der Waals surface area contributed by atoms with E-state index in [0.29, 0.717) is 0 Å². The third kappa shape index (κ3) is 3.77. The Bertz CT molecular complexity index is 327. The van der Waals surface area contributed by atoms with Gasteiger partial charge in [-0.3, -0.25) is 5.32 Å². The van der Waals surface area contributed by atoms with Crippen LogP contribution in [-0.4, -0.2) is 39.0 Å². The number of hydrogen-bond acceptors (Lipinski definition) is 5. The molecule has 1 atom stereocenters. The molecule has 0 aliphatic rings. The molecule has 1 heterocycles. The van der Waals surface area contributed by atoms with Crippen molar-refractivity contribution >= 4 is 11.8 Å². The summed E-state index contributed by atoms with van der Waals surface area (Å²) in [5.74, 6) is 0. The first-order valence-electron chi connectivity index (χ1n) is 4.21. The SMILES string of the molecule is CC(CO)Oc1ncc(NC(=O)O)cn1. The Labute approximate surface area is 85.7 Å². The highest BCUT2D eigenvalue weighted by atomic mass is 16.5. The summed E-state index contributed by atoms with van der Waals surface area (Å²) in [7, 11) is 0. The molecule has 0 spiro atoms. The van der Waals surface area contributed by atoms with Gasteiger partial charge in [0.25, 0.3) is 0 Å². The molecule has 0 aromatic carbocycles. The van der Waals surface area contributed by atoms with Gasteiger partial charge in [0.1, 0.15) is 6.10 Å². The van der Waals surface area contributed by atoms with Crippen molar-refractivity contribution < 1.29 is 19.7 Å². The maximum absolute atomic E-state index is 10.2. The number of carbonyl (C=O) groups is 1. The summed E-state index contributed by atoms with van der Waals surface area (Å²) in [5, 5.41) is 19.2. The number of nitrogens with zero attached hydrogens (tertiary/aromatic N) is 2. The van der Waals surface area contributed by atoms with E-state index in [1.165, 1.54) is 12.4 Å². The minimum absolute atomic E-state index is 0.0903. The lowest BCUT2D eigenvalue weighted by Gasteiger charge is -2.09. The predicted octanol–water partition coefficient (Wildman–Crippen LogP) is 0.326. The lowest BCUT2D eigenvalue weighted by atomic mass is 10.4. The van der Waals surface area contributed by atoms with Crippen molar-refractivity contribution in [2.24, 2.45) is 0 Å². The summed E-state index contributed by atoms with van der Waals surface area (Å²) in [6.07, 6.45) is 0.973. The highest BCUT2D eigenvalue weighted by Crippen LogP contribution is 2.08. The van der Waals surface area contributed by atoms with Gasteiger partial charge >= 0.3 is 12.1 Å². The van der Waals surface area contributed by atoms with Crippen LogP contribution in [0.4, 0.5) is 10.5 Å². The zero-order valence-electron chi connectivity index (χ0n) is 8.04. The van der Waals surface area contributed by atoms with Gasteiger partial charge in [-0.15, -0.1) is 0 Å². The number of rotatable bonds is 4. The maximum atomic E-state index is 10.2. The first-order chi connectivity index (χ1) is 7.11. The summed E-state index contributed by atoms with van der Waals surface area (Å²) in [6.45, 7) is 1.52. The van der Waals surface area contributed by atoms with Crippen LogP contribution in [0.5, 0.6) is 6.01 Å². The van der Waals surface area contributed by atoms with Crippen LogP contribution in [0.25, 0.3) is 0 Å². The van der Waals surface area contributed by atoms with E-state index >= 15 is 0 Å². The van der Waals surface area contributed by atoms with Gasteiger partial charge in [0.05, 0.1) is 24.7 Å². The number of nitrogens with one attached hydrogen (secondary N) is 1. The Hall–Kier alpha value is -1.89. The summed E-state index contributed by atoms with van der Waals surface area (Å²) in [5.41, 5.74) is 0.256. The van der Waals surface area contributed by atoms with Gasteiger partial charge in [-0.1, -0.05) is 0 Å². The lowest BCUT2D eigenvalue weighted by Crippen LogP contribution is -2.17. The van der Waals surface area contributed by atoms with Crippen LogP contribution in [0.15, 0.2) is 12.4 Å². The highest BCUT2D eigenvalue weighted by molar-refractivity contribution is 5.82. The fraction of sp³-hybridized carbons (Fsp3) is 0.375. The molecule has 0 bridgehead atoms. The average Bonchev–Trinajstić information content (AvgIpc) is 2.20. The molecule has 3 N–H and O–H groups in total. The van der Waals surface area contributed by atoms with Crippen molar-refractivity contribution in [1.82, 2.24) is 9.97 Å². The molecular weight excluding hydrogens is 202 g/mol. The number of hydrogen-bond donors (Lipinski definition) is 3. The van der Waals surface area contributed by atoms with Crippen LogP contribution < -0.4 is 10.1 Å². The first kappa shape index (κ1) is 11.2. The molecule has 0 radical (unpaired) electrons. The number of anilines is 1.